The number of nitrogens with one attached hydrogen (secondary N) is 1. The van der Waals surface area contributed by atoms with Crippen molar-refractivity contribution in [1.82, 2.24) is 5.32 Å². The van der Waals surface area contributed by atoms with E-state index in [0.717, 1.165) is 0 Å². The molecule has 0 rings (SSSR count). The fourth-order valence-electron chi connectivity index (χ4n) is 0.859. The van der Waals surface area contributed by atoms with Gasteiger partial charge in [0.05, 0.1) is 13.2 Å². The molecule has 0 aromatic carbocycles. The Morgan fingerprint density at radius 3 is 2.06 bits per heavy atom. The first-order valence-corrected chi connectivity index (χ1v) is 7.47. The van der Waals surface area contributed by atoms with Crippen molar-refractivity contribution in [2.75, 3.05) is 13.2 Å². The number of hydrogen-bond acceptors (Lipinski definition) is 4. The molecule has 0 atom stereocenters. The molecule has 106 valence electrons. The molecule has 5 nitrogen and oxygen atoms in total. The van der Waals surface area contributed by atoms with E-state index in [4.69, 9.17) is 43.9 Å². The van der Waals surface area contributed by atoms with Crippen LogP contribution in [0.2, 0.25) is 0 Å². The van der Waals surface area contributed by atoms with E-state index in [2.05, 4.69) is 0 Å². The molecule has 0 aliphatic heterocycles. The molecule has 0 unspecified atom stereocenters. The quantitative estimate of drug-likeness (QED) is 0.592. The van der Waals surface area contributed by atoms with Crippen molar-refractivity contribution >= 4 is 48.3 Å². The minimum absolute atomic E-state index is 0.0156. The highest BCUT2D eigenvalue weighted by Gasteiger charge is 2.37. The molecule has 10 heteroatoms. The molecule has 0 radical (unpaired) electrons. The molecule has 1 N–H and O–H groups in total. The van der Waals surface area contributed by atoms with Crippen molar-refractivity contribution in [3.05, 3.63) is 11.8 Å². The number of amides is 1. The van der Waals surface area contributed by atoms with Crippen LogP contribution in [0.25, 0.3) is 0 Å². The van der Waals surface area contributed by atoms with E-state index in [1.807, 2.05) is 5.32 Å². The largest absolute Gasteiger partial charge is 0.379 e. The van der Waals surface area contributed by atoms with E-state index in [1.54, 1.807) is 0 Å². The predicted octanol–water partition coefficient (Wildman–Crippen LogP) is 3.51. The van der Waals surface area contributed by atoms with Crippen LogP contribution >= 0.6 is 42.4 Å². The van der Waals surface area contributed by atoms with Crippen molar-refractivity contribution in [3.8, 4) is 0 Å². The Bertz CT molecular complexity index is 362. The average molecular weight is 343 g/mol. The molecule has 0 saturated carbocycles. The maximum Gasteiger partial charge on any atom is 0.379 e. The van der Waals surface area contributed by atoms with Gasteiger partial charge in [-0.2, -0.15) is 0 Å². The highest BCUT2D eigenvalue weighted by molar-refractivity contribution is 7.58. The molecule has 0 aliphatic rings. The smallest absolute Gasteiger partial charge is 0.314 e. The molecule has 0 fully saturated rings. The summed E-state index contributed by atoms with van der Waals surface area (Å²) >= 11 is 15.9. The summed E-state index contributed by atoms with van der Waals surface area (Å²) in [5.74, 6) is -1.17. The lowest BCUT2D eigenvalue weighted by Gasteiger charge is -2.20. The van der Waals surface area contributed by atoms with E-state index < -0.39 is 22.7 Å². The van der Waals surface area contributed by atoms with Crippen LogP contribution in [-0.2, 0) is 18.4 Å². The van der Waals surface area contributed by atoms with Gasteiger partial charge in [-0.3, -0.25) is 9.36 Å². The SMILES string of the molecule is CCOP(=O)(OCC)/C(=C/F)NC(=O)C(Cl)(Cl)Cl. The van der Waals surface area contributed by atoms with Gasteiger partial charge in [-0.1, -0.05) is 34.8 Å². The lowest BCUT2D eigenvalue weighted by atomic mass is 10.7. The van der Waals surface area contributed by atoms with Crippen LogP contribution in [0, 0.1) is 0 Å². The molecule has 0 aromatic heterocycles. The van der Waals surface area contributed by atoms with Crippen molar-refractivity contribution < 1.29 is 22.8 Å². The normalized spacial score (nSPS) is 13.6. The van der Waals surface area contributed by atoms with Crippen molar-refractivity contribution in [2.24, 2.45) is 0 Å². The zero-order valence-corrected chi connectivity index (χ0v) is 12.7. The van der Waals surface area contributed by atoms with Gasteiger partial charge >= 0.3 is 7.60 Å². The number of halogens is 4. The minimum Gasteiger partial charge on any atom is -0.314 e. The third-order valence-corrected chi connectivity index (χ3v) is 4.01. The first-order valence-electron chi connectivity index (χ1n) is 4.79. The average Bonchev–Trinajstić information content (AvgIpc) is 2.24. The topological polar surface area (TPSA) is 64.6 Å². The van der Waals surface area contributed by atoms with Crippen LogP contribution in [0.5, 0.6) is 0 Å². The van der Waals surface area contributed by atoms with Gasteiger partial charge in [0.1, 0.15) is 6.33 Å². The molecule has 18 heavy (non-hydrogen) atoms. The van der Waals surface area contributed by atoms with E-state index in [-0.39, 0.29) is 19.5 Å². The predicted molar refractivity (Wildman–Crippen MR) is 68.5 cm³/mol. The monoisotopic (exact) mass is 341 g/mol. The summed E-state index contributed by atoms with van der Waals surface area (Å²) in [5, 5.41) is 1.86. The Balaban J connectivity index is 5.07. The minimum atomic E-state index is -3.97. The standard InChI is InChI=1S/C8H12Cl3FNO4P/c1-3-16-18(15,17-4-2)6(5-12)13-7(14)8(9,10)11/h5H,3-4H2,1-2H3,(H,13,14)/b6-5+. The van der Waals surface area contributed by atoms with E-state index >= 15 is 0 Å². The van der Waals surface area contributed by atoms with E-state index in [9.17, 15) is 13.8 Å². The molecule has 0 spiro atoms. The van der Waals surface area contributed by atoms with Crippen LogP contribution in [0.4, 0.5) is 4.39 Å². The maximum absolute atomic E-state index is 12.7. The number of carbonyl (C=O) groups is 1. The Kier molecular flexibility index (Phi) is 7.75. The fourth-order valence-corrected chi connectivity index (χ4v) is 2.39. The summed E-state index contributed by atoms with van der Waals surface area (Å²) in [6, 6.07) is 0. The van der Waals surface area contributed by atoms with E-state index in [0.29, 0.717) is 0 Å². The van der Waals surface area contributed by atoms with Crippen LogP contribution in [0.1, 0.15) is 13.8 Å². The van der Waals surface area contributed by atoms with Crippen molar-refractivity contribution in [3.63, 3.8) is 0 Å². The zero-order valence-electron chi connectivity index (χ0n) is 9.58. The summed E-state index contributed by atoms with van der Waals surface area (Å²) in [4.78, 5) is 11.3. The fraction of sp³-hybridized carbons (Fsp3) is 0.625. The van der Waals surface area contributed by atoms with Gasteiger partial charge in [0.25, 0.3) is 9.70 Å². The summed E-state index contributed by atoms with van der Waals surface area (Å²) in [6.07, 6.45) is -0.125. The van der Waals surface area contributed by atoms with Gasteiger partial charge in [0, 0.05) is 0 Å². The molecular formula is C8H12Cl3FNO4P. The van der Waals surface area contributed by atoms with Crippen molar-refractivity contribution in [1.29, 1.82) is 0 Å². The Morgan fingerprint density at radius 1 is 1.33 bits per heavy atom. The van der Waals surface area contributed by atoms with Gasteiger partial charge < -0.3 is 14.4 Å². The van der Waals surface area contributed by atoms with Crippen LogP contribution in [0.3, 0.4) is 0 Å². The second-order valence-corrected chi connectivity index (χ2v) is 7.05. The highest BCUT2D eigenvalue weighted by atomic mass is 35.6. The summed E-state index contributed by atoms with van der Waals surface area (Å²) in [5.41, 5.74) is -0.720. The summed E-state index contributed by atoms with van der Waals surface area (Å²) in [7, 11) is -3.97. The lowest BCUT2D eigenvalue weighted by Crippen LogP contribution is -2.34. The molecule has 0 aliphatic carbocycles. The number of carbonyl (C=O) groups excluding carboxylic acids is 1. The van der Waals surface area contributed by atoms with Crippen LogP contribution < -0.4 is 5.32 Å². The van der Waals surface area contributed by atoms with E-state index in [1.165, 1.54) is 13.8 Å². The second-order valence-electron chi connectivity index (χ2n) is 2.78. The van der Waals surface area contributed by atoms with Gasteiger partial charge in [0.2, 0.25) is 0 Å². The second kappa shape index (κ2) is 7.68. The van der Waals surface area contributed by atoms with Crippen LogP contribution in [0.15, 0.2) is 11.8 Å². The number of alkyl halides is 3. The number of rotatable bonds is 6. The Hall–Kier alpha value is 0.160. The third kappa shape index (κ3) is 5.43. The Morgan fingerprint density at radius 2 is 1.78 bits per heavy atom. The van der Waals surface area contributed by atoms with Gasteiger partial charge in [-0.05, 0) is 13.8 Å². The van der Waals surface area contributed by atoms with Gasteiger partial charge in [-0.25, -0.2) is 4.39 Å². The molecule has 0 saturated heterocycles. The first kappa shape index (κ1) is 18.2. The molecule has 0 bridgehead atoms. The molecule has 1 amide bonds. The zero-order chi connectivity index (χ0) is 14.4. The Labute approximate surface area is 119 Å². The molecule has 0 heterocycles. The maximum atomic E-state index is 12.7. The first-order chi connectivity index (χ1) is 8.21. The third-order valence-electron chi connectivity index (χ3n) is 1.50. The summed E-state index contributed by atoms with van der Waals surface area (Å²) in [6.45, 7) is 3.02. The highest BCUT2D eigenvalue weighted by Crippen LogP contribution is 2.55. The lowest BCUT2D eigenvalue weighted by molar-refractivity contribution is -0.119. The van der Waals surface area contributed by atoms with Crippen LogP contribution in [-0.4, -0.2) is 22.9 Å². The van der Waals surface area contributed by atoms with Gasteiger partial charge in [-0.15, -0.1) is 0 Å². The molecule has 0 aromatic rings. The number of hydrogen-bond donors (Lipinski definition) is 1. The van der Waals surface area contributed by atoms with Crippen molar-refractivity contribution in [2.45, 2.75) is 17.6 Å². The molecular weight excluding hydrogens is 330 g/mol. The van der Waals surface area contributed by atoms with Gasteiger partial charge in [0.15, 0.2) is 5.44 Å². The summed E-state index contributed by atoms with van der Waals surface area (Å²) < 4.78 is 32.1.